The molecule has 0 bridgehead atoms. The molecule has 192 valence electrons. The number of fused-ring (bicyclic) bond motifs is 2. The van der Waals surface area contributed by atoms with E-state index in [-0.39, 0.29) is 10.7 Å². The molecule has 0 saturated carbocycles. The molecular formula is C25H19Cl2FN8O2. The van der Waals surface area contributed by atoms with Crippen LogP contribution in [0.5, 0.6) is 11.5 Å². The van der Waals surface area contributed by atoms with Crippen molar-refractivity contribution in [2.24, 2.45) is 7.05 Å². The topological polar surface area (TPSA) is 108 Å². The van der Waals surface area contributed by atoms with Crippen molar-refractivity contribution in [3.8, 4) is 34.0 Å². The molecule has 1 aromatic carbocycles. The first-order valence-corrected chi connectivity index (χ1v) is 12.1. The van der Waals surface area contributed by atoms with Crippen molar-refractivity contribution in [3.63, 3.8) is 0 Å². The number of aromatic nitrogens is 8. The number of methoxy groups -OCH3 is 2. The molecule has 0 aliphatic rings. The highest BCUT2D eigenvalue weighted by atomic mass is 35.5. The summed E-state index contributed by atoms with van der Waals surface area (Å²) in [5, 5.41) is 4.81. The summed E-state index contributed by atoms with van der Waals surface area (Å²) in [6.07, 6.45) is 5.40. The number of pyridine rings is 1. The van der Waals surface area contributed by atoms with Gasteiger partial charge in [-0.1, -0.05) is 23.2 Å². The minimum Gasteiger partial charge on any atom is -0.493 e. The second-order valence-electron chi connectivity index (χ2n) is 8.48. The average Bonchev–Trinajstić information content (AvgIpc) is 3.61. The van der Waals surface area contributed by atoms with Gasteiger partial charge in [-0.15, -0.1) is 0 Å². The van der Waals surface area contributed by atoms with Crippen LogP contribution in [0.25, 0.3) is 39.3 Å². The van der Waals surface area contributed by atoms with Crippen LogP contribution in [0.3, 0.4) is 0 Å². The van der Waals surface area contributed by atoms with Crippen LogP contribution in [-0.2, 0) is 13.5 Å². The fourth-order valence-corrected chi connectivity index (χ4v) is 4.73. The maximum absolute atomic E-state index is 15.8. The zero-order valence-electron chi connectivity index (χ0n) is 20.3. The van der Waals surface area contributed by atoms with Crippen LogP contribution < -0.4 is 9.47 Å². The molecular weight excluding hydrogens is 534 g/mol. The predicted octanol–water partition coefficient (Wildman–Crippen LogP) is 5.12. The first-order chi connectivity index (χ1) is 18.3. The molecule has 0 radical (unpaired) electrons. The Kier molecular flexibility index (Phi) is 5.88. The van der Waals surface area contributed by atoms with Gasteiger partial charge in [0.25, 0.3) is 0 Å². The zero-order valence-corrected chi connectivity index (χ0v) is 21.8. The molecule has 13 heteroatoms. The molecule has 38 heavy (non-hydrogen) atoms. The molecule has 0 aliphatic carbocycles. The molecule has 0 spiro atoms. The quantitative estimate of drug-likeness (QED) is 0.285. The normalized spacial score (nSPS) is 11.5. The molecule has 6 rings (SSSR count). The van der Waals surface area contributed by atoms with Crippen LogP contribution in [0.4, 0.5) is 4.39 Å². The van der Waals surface area contributed by atoms with E-state index in [0.29, 0.717) is 62.7 Å². The molecule has 5 aromatic heterocycles. The molecule has 0 atom stereocenters. The minimum atomic E-state index is -0.739. The number of H-pyrrole nitrogens is 1. The lowest BCUT2D eigenvalue weighted by Gasteiger charge is -2.14. The predicted molar refractivity (Wildman–Crippen MR) is 140 cm³/mol. The SMILES string of the molecule is COc1cc(Cl)c(-c2c(F)nc(-c3cnn(C)c3)c3nc(Cc4nc5nc(Cl)ccc5[nH]4)cn23)cc1OC. The number of nitrogens with zero attached hydrogens (tertiary/aromatic N) is 7. The standard InChI is InChI=1S/C25H19Cl2FN8O2/c1-35-10-12(9-29-35)21-25-30-13(6-20-31-16-4-5-19(27)32-24(16)33-20)11-36(25)22(23(28)34-21)14-7-17(37-2)18(38-3)8-15(14)26/h4-5,7-11H,6H2,1-3H3,(H,31,32,33). The Bertz CT molecular complexity index is 1840. The van der Waals surface area contributed by atoms with E-state index in [0.717, 1.165) is 5.52 Å². The Morgan fingerprint density at radius 1 is 1.00 bits per heavy atom. The van der Waals surface area contributed by atoms with Gasteiger partial charge in [-0.05, 0) is 18.2 Å². The van der Waals surface area contributed by atoms with E-state index in [1.165, 1.54) is 14.2 Å². The Hall–Kier alpha value is -4.22. The van der Waals surface area contributed by atoms with E-state index in [1.54, 1.807) is 52.9 Å². The highest BCUT2D eigenvalue weighted by molar-refractivity contribution is 6.33. The van der Waals surface area contributed by atoms with Crippen LogP contribution in [-0.4, -0.2) is 53.3 Å². The summed E-state index contributed by atoms with van der Waals surface area (Å²) in [6.45, 7) is 0. The Labute approximate surface area is 225 Å². The van der Waals surface area contributed by atoms with Gasteiger partial charge in [-0.2, -0.15) is 9.49 Å². The Balaban J connectivity index is 1.55. The van der Waals surface area contributed by atoms with Crippen molar-refractivity contribution >= 4 is 40.0 Å². The summed E-state index contributed by atoms with van der Waals surface area (Å²) in [5.41, 5.74) is 3.71. The van der Waals surface area contributed by atoms with E-state index < -0.39 is 5.95 Å². The van der Waals surface area contributed by atoms with Crippen LogP contribution in [0.2, 0.25) is 10.2 Å². The summed E-state index contributed by atoms with van der Waals surface area (Å²) in [7, 11) is 4.77. The number of ether oxygens (including phenoxy) is 2. The third-order valence-electron chi connectivity index (χ3n) is 6.03. The fraction of sp³-hybridized carbons (Fsp3) is 0.160. The monoisotopic (exact) mass is 552 g/mol. The summed E-state index contributed by atoms with van der Waals surface area (Å²) >= 11 is 12.6. The molecule has 0 fully saturated rings. The first kappa shape index (κ1) is 24.1. The molecule has 0 aliphatic heterocycles. The van der Waals surface area contributed by atoms with E-state index in [4.69, 9.17) is 37.7 Å². The van der Waals surface area contributed by atoms with Gasteiger partial charge >= 0.3 is 0 Å². The maximum Gasteiger partial charge on any atom is 0.238 e. The second kappa shape index (κ2) is 9.26. The lowest BCUT2D eigenvalue weighted by atomic mass is 10.1. The van der Waals surface area contributed by atoms with Gasteiger partial charge in [0.05, 0.1) is 36.6 Å². The number of imidazole rings is 2. The molecule has 6 aromatic rings. The molecule has 0 unspecified atom stereocenters. The van der Waals surface area contributed by atoms with Crippen LogP contribution in [0.15, 0.2) is 42.9 Å². The van der Waals surface area contributed by atoms with Crippen molar-refractivity contribution in [2.75, 3.05) is 14.2 Å². The van der Waals surface area contributed by atoms with Gasteiger partial charge in [-0.3, -0.25) is 9.08 Å². The first-order valence-electron chi connectivity index (χ1n) is 11.3. The van der Waals surface area contributed by atoms with Gasteiger partial charge in [0.2, 0.25) is 5.95 Å². The van der Waals surface area contributed by atoms with Gasteiger partial charge in [0, 0.05) is 43.1 Å². The largest absolute Gasteiger partial charge is 0.493 e. The van der Waals surface area contributed by atoms with Crippen molar-refractivity contribution in [1.29, 1.82) is 0 Å². The van der Waals surface area contributed by atoms with E-state index >= 15 is 4.39 Å². The number of aryl methyl sites for hydroxylation is 1. The number of benzene rings is 1. The maximum atomic E-state index is 15.8. The van der Waals surface area contributed by atoms with Gasteiger partial charge in [0.15, 0.2) is 22.8 Å². The Morgan fingerprint density at radius 2 is 1.79 bits per heavy atom. The van der Waals surface area contributed by atoms with Gasteiger partial charge in [0.1, 0.15) is 22.4 Å². The summed E-state index contributed by atoms with van der Waals surface area (Å²) in [6, 6.07) is 6.67. The summed E-state index contributed by atoms with van der Waals surface area (Å²) in [5.74, 6) is 0.699. The van der Waals surface area contributed by atoms with Crippen LogP contribution >= 0.6 is 23.2 Å². The number of rotatable bonds is 6. The lowest BCUT2D eigenvalue weighted by molar-refractivity contribution is 0.355. The second-order valence-corrected chi connectivity index (χ2v) is 9.28. The smallest absolute Gasteiger partial charge is 0.238 e. The van der Waals surface area contributed by atoms with E-state index in [1.807, 2.05) is 6.07 Å². The molecule has 10 nitrogen and oxygen atoms in total. The summed E-state index contributed by atoms with van der Waals surface area (Å²) < 4.78 is 29.8. The third-order valence-corrected chi connectivity index (χ3v) is 6.55. The lowest BCUT2D eigenvalue weighted by Crippen LogP contribution is -2.03. The van der Waals surface area contributed by atoms with Crippen molar-refractivity contribution in [2.45, 2.75) is 6.42 Å². The van der Waals surface area contributed by atoms with Gasteiger partial charge in [-0.25, -0.2) is 19.9 Å². The number of halogens is 3. The highest BCUT2D eigenvalue weighted by Crippen LogP contribution is 2.40. The zero-order chi connectivity index (χ0) is 26.6. The molecule has 1 N–H and O–H groups in total. The van der Waals surface area contributed by atoms with Gasteiger partial charge < -0.3 is 14.5 Å². The van der Waals surface area contributed by atoms with Crippen LogP contribution in [0, 0.1) is 5.95 Å². The van der Waals surface area contributed by atoms with Crippen molar-refractivity contribution in [3.05, 3.63) is 70.5 Å². The molecule has 0 saturated heterocycles. The number of hydrogen-bond acceptors (Lipinski definition) is 7. The Morgan fingerprint density at radius 3 is 2.53 bits per heavy atom. The highest BCUT2D eigenvalue weighted by Gasteiger charge is 2.23. The fourth-order valence-electron chi connectivity index (χ4n) is 4.34. The average molecular weight is 553 g/mol. The molecule has 0 amide bonds. The van der Waals surface area contributed by atoms with Crippen molar-refractivity contribution < 1.29 is 13.9 Å². The van der Waals surface area contributed by atoms with Crippen molar-refractivity contribution in [1.82, 2.24) is 39.1 Å². The minimum absolute atomic E-state index is 0.121. The number of nitrogens with one attached hydrogen (secondary N) is 1. The third kappa shape index (κ3) is 4.09. The summed E-state index contributed by atoms with van der Waals surface area (Å²) in [4.78, 5) is 21.1. The number of hydrogen-bond donors (Lipinski definition) is 1. The van der Waals surface area contributed by atoms with E-state index in [2.05, 4.69) is 25.0 Å². The van der Waals surface area contributed by atoms with Crippen LogP contribution in [0.1, 0.15) is 11.5 Å². The molecule has 5 heterocycles. The number of aromatic amines is 1. The van der Waals surface area contributed by atoms with E-state index in [9.17, 15) is 0 Å².